The van der Waals surface area contributed by atoms with Gasteiger partial charge in [-0.25, -0.2) is 0 Å². The zero-order valence-corrected chi connectivity index (χ0v) is 12.6. The Balaban J connectivity index is 2.11. The number of nitrogens with zero attached hydrogens (tertiary/aromatic N) is 1. The van der Waals surface area contributed by atoms with Crippen molar-refractivity contribution in [1.29, 1.82) is 5.26 Å². The van der Waals surface area contributed by atoms with Crippen molar-refractivity contribution in [2.75, 3.05) is 0 Å². The summed E-state index contributed by atoms with van der Waals surface area (Å²) >= 11 is 6.91. The second-order valence-electron chi connectivity index (χ2n) is 4.38. The third-order valence-corrected chi connectivity index (χ3v) is 5.04. The Hall–Kier alpha value is -0.370. The van der Waals surface area contributed by atoms with E-state index in [0.717, 1.165) is 14.5 Å². The molecule has 2 nitrogen and oxygen atoms in total. The number of halogens is 2. The molecule has 0 radical (unpaired) electrons. The van der Waals surface area contributed by atoms with Crippen LogP contribution in [0.4, 0.5) is 0 Å². The van der Waals surface area contributed by atoms with Crippen LogP contribution in [0.3, 0.4) is 0 Å². The van der Waals surface area contributed by atoms with Gasteiger partial charge < -0.3 is 0 Å². The van der Waals surface area contributed by atoms with E-state index in [1.807, 2.05) is 18.2 Å². The molecule has 0 amide bonds. The maximum atomic E-state index is 9.26. The molecule has 0 heterocycles. The molecule has 0 aromatic heterocycles. The van der Waals surface area contributed by atoms with Crippen molar-refractivity contribution in [1.82, 2.24) is 5.32 Å². The normalized spacial score (nSPS) is 17.9. The summed E-state index contributed by atoms with van der Waals surface area (Å²) in [6.45, 7) is 0. The highest BCUT2D eigenvalue weighted by Gasteiger charge is 2.20. The molecule has 1 N–H and O–H groups in total. The molecule has 1 unspecified atom stereocenters. The fourth-order valence-electron chi connectivity index (χ4n) is 2.23. The van der Waals surface area contributed by atoms with Crippen LogP contribution in [0.1, 0.15) is 37.3 Å². The molecule has 0 bridgehead atoms. The van der Waals surface area contributed by atoms with Crippen LogP contribution in [0.2, 0.25) is 0 Å². The Morgan fingerprint density at radius 2 is 1.94 bits per heavy atom. The maximum Gasteiger partial charge on any atom is 0.121 e. The molecule has 17 heavy (non-hydrogen) atoms. The molecule has 90 valence electrons. The average Bonchev–Trinajstić information content (AvgIpc) is 2.82. The van der Waals surface area contributed by atoms with Crippen LogP contribution < -0.4 is 5.32 Å². The molecule has 0 aliphatic heterocycles. The first-order valence-electron chi connectivity index (χ1n) is 5.81. The molecule has 0 spiro atoms. The smallest absolute Gasteiger partial charge is 0.121 e. The first-order chi connectivity index (χ1) is 8.20. The second-order valence-corrected chi connectivity index (χ2v) is 6.09. The van der Waals surface area contributed by atoms with E-state index in [1.54, 1.807) is 0 Å². The van der Waals surface area contributed by atoms with E-state index >= 15 is 0 Å². The molecule has 1 aliphatic carbocycles. The number of benzene rings is 1. The van der Waals surface area contributed by atoms with E-state index in [4.69, 9.17) is 0 Å². The lowest BCUT2D eigenvalue weighted by Gasteiger charge is -2.17. The largest absolute Gasteiger partial charge is 0.295 e. The van der Waals surface area contributed by atoms with Crippen molar-refractivity contribution < 1.29 is 0 Å². The lowest BCUT2D eigenvalue weighted by molar-refractivity contribution is 0.492. The first-order valence-corrected chi connectivity index (χ1v) is 7.40. The van der Waals surface area contributed by atoms with E-state index < -0.39 is 0 Å². The topological polar surface area (TPSA) is 35.8 Å². The summed E-state index contributed by atoms with van der Waals surface area (Å²) in [6, 6.07) is 8.60. The number of hydrogen-bond acceptors (Lipinski definition) is 2. The molecule has 1 saturated carbocycles. The molecule has 4 heteroatoms. The summed E-state index contributed by atoms with van der Waals surface area (Å²) < 4.78 is 2.00. The van der Waals surface area contributed by atoms with Gasteiger partial charge in [-0.15, -0.1) is 0 Å². The van der Waals surface area contributed by atoms with E-state index in [0.29, 0.717) is 6.04 Å². The molecule has 1 fully saturated rings. The van der Waals surface area contributed by atoms with Crippen LogP contribution >= 0.6 is 31.9 Å². The van der Waals surface area contributed by atoms with Gasteiger partial charge >= 0.3 is 0 Å². The summed E-state index contributed by atoms with van der Waals surface area (Å²) in [5, 5.41) is 12.7. The van der Waals surface area contributed by atoms with E-state index in [1.165, 1.54) is 25.7 Å². The fourth-order valence-corrected chi connectivity index (χ4v) is 2.87. The standard InChI is InChI=1S/C13H14Br2N2/c14-11-6-5-9(7-12(11)15)13(8-16)17-10-3-1-2-4-10/h5-7,10,13,17H,1-4H2. The van der Waals surface area contributed by atoms with Crippen molar-refractivity contribution in [3.05, 3.63) is 32.7 Å². The van der Waals surface area contributed by atoms with Crippen LogP contribution in [0.15, 0.2) is 27.1 Å². The van der Waals surface area contributed by atoms with Crippen molar-refractivity contribution in [3.8, 4) is 6.07 Å². The Labute approximate surface area is 119 Å². The van der Waals surface area contributed by atoms with Gasteiger partial charge in [-0.05, 0) is 62.4 Å². The lowest BCUT2D eigenvalue weighted by Crippen LogP contribution is -2.29. The highest BCUT2D eigenvalue weighted by atomic mass is 79.9. The van der Waals surface area contributed by atoms with Crippen LogP contribution in [0.25, 0.3) is 0 Å². The van der Waals surface area contributed by atoms with E-state index in [2.05, 4.69) is 43.2 Å². The highest BCUT2D eigenvalue weighted by Crippen LogP contribution is 2.28. The van der Waals surface area contributed by atoms with Gasteiger partial charge in [0, 0.05) is 15.0 Å². The lowest BCUT2D eigenvalue weighted by atomic mass is 10.1. The molecule has 1 aromatic rings. The maximum absolute atomic E-state index is 9.26. The fraction of sp³-hybridized carbons (Fsp3) is 0.462. The first kappa shape index (κ1) is 13.1. The summed E-state index contributed by atoms with van der Waals surface area (Å²) in [4.78, 5) is 0. The van der Waals surface area contributed by atoms with Gasteiger partial charge in [-0.3, -0.25) is 5.32 Å². The Kier molecular flexibility index (Phi) is 4.61. The molecule has 2 rings (SSSR count). The molecule has 1 atom stereocenters. The molecule has 0 saturated heterocycles. The highest BCUT2D eigenvalue weighted by molar-refractivity contribution is 9.13. The van der Waals surface area contributed by atoms with Crippen molar-refractivity contribution in [3.63, 3.8) is 0 Å². The van der Waals surface area contributed by atoms with Crippen LogP contribution in [0, 0.1) is 11.3 Å². The molecular formula is C13H14Br2N2. The van der Waals surface area contributed by atoms with Crippen molar-refractivity contribution in [2.45, 2.75) is 37.8 Å². The molecule has 1 aromatic carbocycles. The average molecular weight is 358 g/mol. The van der Waals surface area contributed by atoms with E-state index in [9.17, 15) is 5.26 Å². The molecular weight excluding hydrogens is 344 g/mol. The summed E-state index contributed by atoms with van der Waals surface area (Å²) in [5.74, 6) is 0. The van der Waals surface area contributed by atoms with Gasteiger partial charge in [0.2, 0.25) is 0 Å². The van der Waals surface area contributed by atoms with Gasteiger partial charge in [0.15, 0.2) is 0 Å². The van der Waals surface area contributed by atoms with Gasteiger partial charge in [0.1, 0.15) is 6.04 Å². The SMILES string of the molecule is N#CC(NC1CCCC1)c1ccc(Br)c(Br)c1. The van der Waals surface area contributed by atoms with E-state index in [-0.39, 0.29) is 6.04 Å². The third-order valence-electron chi connectivity index (χ3n) is 3.16. The quantitative estimate of drug-likeness (QED) is 0.874. The minimum atomic E-state index is -0.206. The Morgan fingerprint density at radius 1 is 1.24 bits per heavy atom. The minimum Gasteiger partial charge on any atom is -0.295 e. The number of nitriles is 1. The predicted octanol–water partition coefficient (Wildman–Crippen LogP) is 4.31. The van der Waals surface area contributed by atoms with Gasteiger partial charge in [-0.2, -0.15) is 5.26 Å². The number of nitrogens with one attached hydrogen (secondary N) is 1. The monoisotopic (exact) mass is 356 g/mol. The van der Waals surface area contributed by atoms with Crippen LogP contribution in [-0.4, -0.2) is 6.04 Å². The minimum absolute atomic E-state index is 0.206. The summed E-state index contributed by atoms with van der Waals surface area (Å²) in [5.41, 5.74) is 1.02. The Morgan fingerprint density at radius 3 is 2.53 bits per heavy atom. The molecule has 1 aliphatic rings. The Bertz CT molecular complexity index is 434. The third kappa shape index (κ3) is 3.31. The van der Waals surface area contributed by atoms with Crippen molar-refractivity contribution >= 4 is 31.9 Å². The number of hydrogen-bond donors (Lipinski definition) is 1. The zero-order valence-electron chi connectivity index (χ0n) is 9.42. The summed E-state index contributed by atoms with van der Waals surface area (Å²) in [6.07, 6.45) is 4.94. The van der Waals surface area contributed by atoms with Gasteiger partial charge in [-0.1, -0.05) is 18.9 Å². The van der Waals surface area contributed by atoms with Crippen LogP contribution in [-0.2, 0) is 0 Å². The van der Waals surface area contributed by atoms with Crippen LogP contribution in [0.5, 0.6) is 0 Å². The van der Waals surface area contributed by atoms with Gasteiger partial charge in [0.05, 0.1) is 6.07 Å². The van der Waals surface area contributed by atoms with Gasteiger partial charge in [0.25, 0.3) is 0 Å². The number of rotatable bonds is 3. The second kappa shape index (κ2) is 5.99. The van der Waals surface area contributed by atoms with Crippen molar-refractivity contribution in [2.24, 2.45) is 0 Å². The predicted molar refractivity (Wildman–Crippen MR) is 75.6 cm³/mol. The zero-order chi connectivity index (χ0) is 12.3. The summed E-state index contributed by atoms with van der Waals surface area (Å²) in [7, 11) is 0.